The van der Waals surface area contributed by atoms with Gasteiger partial charge in [-0.2, -0.15) is 5.10 Å². The Morgan fingerprint density at radius 1 is 1.38 bits per heavy atom. The molecule has 2 rings (SSSR count). The molecule has 0 aliphatic rings. The van der Waals surface area contributed by atoms with E-state index in [1.54, 1.807) is 0 Å². The van der Waals surface area contributed by atoms with Crippen molar-refractivity contribution in [3.8, 4) is 11.4 Å². The minimum Gasteiger partial charge on any atom is -0.504 e. The first kappa shape index (κ1) is 15.1. The van der Waals surface area contributed by atoms with Crippen LogP contribution in [0.4, 0.5) is 0 Å². The number of nitrogens with zero attached hydrogens (tertiary/aromatic N) is 2. The fraction of sp³-hybridized carbons (Fsp3) is 0.333. The van der Waals surface area contributed by atoms with Gasteiger partial charge in [-0.25, -0.2) is 4.68 Å². The van der Waals surface area contributed by atoms with Crippen LogP contribution in [-0.4, -0.2) is 38.5 Å². The number of nitrogens with one attached hydrogen (secondary N) is 1. The average molecular weight is 289 g/mol. The van der Waals surface area contributed by atoms with Gasteiger partial charge in [-0.1, -0.05) is 25.1 Å². The van der Waals surface area contributed by atoms with Crippen molar-refractivity contribution in [3.63, 3.8) is 0 Å². The van der Waals surface area contributed by atoms with Gasteiger partial charge >= 0.3 is 0 Å². The van der Waals surface area contributed by atoms with Crippen LogP contribution in [0.2, 0.25) is 0 Å². The Kier molecular flexibility index (Phi) is 4.94. The van der Waals surface area contributed by atoms with E-state index in [0.29, 0.717) is 19.4 Å². The zero-order valence-corrected chi connectivity index (χ0v) is 11.9. The predicted molar refractivity (Wildman–Crippen MR) is 78.5 cm³/mol. The first-order valence-electron chi connectivity index (χ1n) is 6.92. The van der Waals surface area contributed by atoms with Gasteiger partial charge < -0.3 is 15.5 Å². The Morgan fingerprint density at radius 2 is 2.10 bits per heavy atom. The molecule has 1 amide bonds. The molecule has 0 fully saturated rings. The molecule has 0 aliphatic carbocycles. The quantitative estimate of drug-likeness (QED) is 0.751. The molecular formula is C15H19N3O3. The lowest BCUT2D eigenvalue weighted by Crippen LogP contribution is -2.27. The number of hydrogen-bond donors (Lipinski definition) is 3. The zero-order valence-electron chi connectivity index (χ0n) is 11.9. The summed E-state index contributed by atoms with van der Waals surface area (Å²) in [6, 6.07) is 9.22. The molecule has 0 saturated heterocycles. The van der Waals surface area contributed by atoms with Gasteiger partial charge in [-0.3, -0.25) is 4.79 Å². The number of aromatic nitrogens is 2. The van der Waals surface area contributed by atoms with Gasteiger partial charge in [0.15, 0.2) is 11.4 Å². The highest BCUT2D eigenvalue weighted by molar-refractivity contribution is 5.94. The molecule has 1 unspecified atom stereocenters. The van der Waals surface area contributed by atoms with E-state index in [0.717, 1.165) is 5.69 Å². The van der Waals surface area contributed by atoms with Gasteiger partial charge in [-0.05, 0) is 25.0 Å². The van der Waals surface area contributed by atoms with Crippen LogP contribution in [0.5, 0.6) is 5.75 Å². The molecule has 112 valence electrons. The van der Waals surface area contributed by atoms with Crippen molar-refractivity contribution >= 4 is 5.91 Å². The van der Waals surface area contributed by atoms with Gasteiger partial charge in [0.1, 0.15) is 0 Å². The standard InChI is InChI=1S/C15H19N3O3/c1-2-12(19)8-9-16-15(21)14-13(20)10-18(17-14)11-6-4-3-5-7-11/h3-7,10,12,19-20H,2,8-9H2,1H3,(H,16,21). The Labute approximate surface area is 123 Å². The summed E-state index contributed by atoms with van der Waals surface area (Å²) in [5.41, 5.74) is 0.734. The third kappa shape index (κ3) is 3.82. The predicted octanol–water partition coefficient (Wildman–Crippen LogP) is 1.47. The van der Waals surface area contributed by atoms with E-state index in [1.165, 1.54) is 10.9 Å². The van der Waals surface area contributed by atoms with E-state index in [9.17, 15) is 15.0 Å². The molecule has 0 radical (unpaired) electrons. The molecule has 3 N–H and O–H groups in total. The number of carbonyl (C=O) groups is 1. The number of benzene rings is 1. The van der Waals surface area contributed by atoms with Crippen molar-refractivity contribution in [2.24, 2.45) is 0 Å². The van der Waals surface area contributed by atoms with E-state index in [1.807, 2.05) is 37.3 Å². The summed E-state index contributed by atoms with van der Waals surface area (Å²) in [6.45, 7) is 2.21. The largest absolute Gasteiger partial charge is 0.504 e. The molecule has 1 aromatic heterocycles. The molecule has 21 heavy (non-hydrogen) atoms. The van der Waals surface area contributed by atoms with E-state index >= 15 is 0 Å². The van der Waals surface area contributed by atoms with E-state index < -0.39 is 12.0 Å². The highest BCUT2D eigenvalue weighted by atomic mass is 16.3. The van der Waals surface area contributed by atoms with Gasteiger partial charge in [0.2, 0.25) is 0 Å². The topological polar surface area (TPSA) is 87.4 Å². The van der Waals surface area contributed by atoms with Crippen molar-refractivity contribution in [1.82, 2.24) is 15.1 Å². The number of carbonyl (C=O) groups excluding carboxylic acids is 1. The minimum absolute atomic E-state index is 0.0233. The maximum Gasteiger partial charge on any atom is 0.275 e. The van der Waals surface area contributed by atoms with Crippen LogP contribution in [0.15, 0.2) is 36.5 Å². The van der Waals surface area contributed by atoms with Crippen LogP contribution >= 0.6 is 0 Å². The number of aliphatic hydroxyl groups excluding tert-OH is 1. The van der Waals surface area contributed by atoms with Crippen molar-refractivity contribution in [3.05, 3.63) is 42.2 Å². The van der Waals surface area contributed by atoms with Crippen LogP contribution < -0.4 is 5.32 Å². The lowest BCUT2D eigenvalue weighted by atomic mass is 10.2. The average Bonchev–Trinajstić information content (AvgIpc) is 2.90. The van der Waals surface area contributed by atoms with Crippen LogP contribution in [0.25, 0.3) is 5.69 Å². The highest BCUT2D eigenvalue weighted by Gasteiger charge is 2.16. The van der Waals surface area contributed by atoms with Crippen LogP contribution in [-0.2, 0) is 0 Å². The van der Waals surface area contributed by atoms with Gasteiger partial charge in [-0.15, -0.1) is 0 Å². The van der Waals surface area contributed by atoms with Crippen LogP contribution in [0.3, 0.4) is 0 Å². The molecule has 1 aromatic carbocycles. The number of rotatable bonds is 6. The SMILES string of the molecule is CCC(O)CCNC(=O)c1nn(-c2ccccc2)cc1O. The number of hydrogen-bond acceptors (Lipinski definition) is 4. The van der Waals surface area contributed by atoms with Crippen molar-refractivity contribution in [2.75, 3.05) is 6.54 Å². The molecular weight excluding hydrogens is 270 g/mol. The summed E-state index contributed by atoms with van der Waals surface area (Å²) in [4.78, 5) is 12.0. The van der Waals surface area contributed by atoms with E-state index in [4.69, 9.17) is 0 Å². The number of amides is 1. The maximum absolute atomic E-state index is 12.0. The second kappa shape index (κ2) is 6.90. The van der Waals surface area contributed by atoms with E-state index in [2.05, 4.69) is 10.4 Å². The van der Waals surface area contributed by atoms with E-state index in [-0.39, 0.29) is 11.4 Å². The summed E-state index contributed by atoms with van der Waals surface area (Å²) in [6.07, 6.45) is 2.08. The Bertz CT molecular complexity index is 595. The summed E-state index contributed by atoms with van der Waals surface area (Å²) in [5.74, 6) is -0.627. The smallest absolute Gasteiger partial charge is 0.275 e. The van der Waals surface area contributed by atoms with Crippen LogP contribution in [0, 0.1) is 0 Å². The summed E-state index contributed by atoms with van der Waals surface area (Å²) in [5, 5.41) is 26.0. The first-order chi connectivity index (χ1) is 10.1. The Balaban J connectivity index is 2.04. The monoisotopic (exact) mass is 289 g/mol. The third-order valence-electron chi connectivity index (χ3n) is 3.17. The second-order valence-corrected chi connectivity index (χ2v) is 4.75. The fourth-order valence-electron chi connectivity index (χ4n) is 1.88. The zero-order chi connectivity index (χ0) is 15.2. The first-order valence-corrected chi connectivity index (χ1v) is 6.92. The fourth-order valence-corrected chi connectivity index (χ4v) is 1.88. The molecule has 0 aliphatic heterocycles. The van der Waals surface area contributed by atoms with Gasteiger partial charge in [0.05, 0.1) is 18.0 Å². The second-order valence-electron chi connectivity index (χ2n) is 4.75. The normalized spacial score (nSPS) is 12.1. The third-order valence-corrected chi connectivity index (χ3v) is 3.17. The van der Waals surface area contributed by atoms with Crippen molar-refractivity contribution in [1.29, 1.82) is 0 Å². The minimum atomic E-state index is -0.453. The molecule has 6 nitrogen and oxygen atoms in total. The number of aromatic hydroxyl groups is 1. The number of aliphatic hydroxyl groups is 1. The van der Waals surface area contributed by atoms with Crippen LogP contribution in [0.1, 0.15) is 30.3 Å². The summed E-state index contributed by atoms with van der Waals surface area (Å²) >= 11 is 0. The summed E-state index contributed by atoms with van der Waals surface area (Å²) in [7, 11) is 0. The Morgan fingerprint density at radius 3 is 2.76 bits per heavy atom. The molecule has 6 heteroatoms. The van der Waals surface area contributed by atoms with Crippen molar-refractivity contribution in [2.45, 2.75) is 25.9 Å². The number of para-hydroxylation sites is 1. The lowest BCUT2D eigenvalue weighted by Gasteiger charge is -2.07. The molecule has 1 heterocycles. The highest BCUT2D eigenvalue weighted by Crippen LogP contribution is 2.17. The molecule has 0 spiro atoms. The molecule has 0 bridgehead atoms. The molecule has 0 saturated carbocycles. The molecule has 2 aromatic rings. The summed E-state index contributed by atoms with van der Waals surface area (Å²) < 4.78 is 1.45. The van der Waals surface area contributed by atoms with Gasteiger partial charge in [0.25, 0.3) is 5.91 Å². The molecule has 1 atom stereocenters. The van der Waals surface area contributed by atoms with Crippen molar-refractivity contribution < 1.29 is 15.0 Å². The Hall–Kier alpha value is -2.34. The lowest BCUT2D eigenvalue weighted by molar-refractivity contribution is 0.0934. The van der Waals surface area contributed by atoms with Gasteiger partial charge in [0, 0.05) is 6.54 Å². The maximum atomic E-state index is 12.0.